The van der Waals surface area contributed by atoms with E-state index in [0.717, 1.165) is 19.4 Å². The predicted molar refractivity (Wildman–Crippen MR) is 70.0 cm³/mol. The number of nitrogens with zero attached hydrogens (tertiary/aromatic N) is 2. The Hall–Kier alpha value is -2.18. The summed E-state index contributed by atoms with van der Waals surface area (Å²) < 4.78 is 0. The molecule has 0 bridgehead atoms. The third-order valence-corrected chi connectivity index (χ3v) is 3.69. The van der Waals surface area contributed by atoms with E-state index in [2.05, 4.69) is 15.5 Å². The van der Waals surface area contributed by atoms with E-state index in [-0.39, 0.29) is 29.0 Å². The number of hydrogen-bond acceptors (Lipinski definition) is 4. The van der Waals surface area contributed by atoms with Crippen molar-refractivity contribution in [2.75, 3.05) is 13.1 Å². The molecule has 2 aliphatic rings. The molecule has 1 saturated carbocycles. The van der Waals surface area contributed by atoms with E-state index < -0.39 is 0 Å². The summed E-state index contributed by atoms with van der Waals surface area (Å²) in [6, 6.07) is 3.07. The minimum absolute atomic E-state index is 0.162. The standard InChI is InChI=1S/C13H16N4O3/c18-11-4-3-10(15-16-11)13(20)14-6-8-5-12(19)17(7-8)9-1-2-9/h3-4,8-9H,1-2,5-7H2,(H,14,20)(H,16,18). The summed E-state index contributed by atoms with van der Waals surface area (Å²) in [5.41, 5.74) is -0.170. The number of carbonyl (C=O) groups is 2. The van der Waals surface area contributed by atoms with Crippen molar-refractivity contribution in [2.45, 2.75) is 25.3 Å². The predicted octanol–water partition coefficient (Wildman–Crippen LogP) is -0.489. The molecule has 106 valence electrons. The first kappa shape index (κ1) is 12.8. The quantitative estimate of drug-likeness (QED) is 0.775. The topological polar surface area (TPSA) is 95.2 Å². The van der Waals surface area contributed by atoms with Crippen molar-refractivity contribution < 1.29 is 9.59 Å². The lowest BCUT2D eigenvalue weighted by atomic mass is 10.1. The summed E-state index contributed by atoms with van der Waals surface area (Å²) >= 11 is 0. The second-order valence-electron chi connectivity index (χ2n) is 5.36. The van der Waals surface area contributed by atoms with Gasteiger partial charge in [-0.25, -0.2) is 5.10 Å². The maximum Gasteiger partial charge on any atom is 0.271 e. The van der Waals surface area contributed by atoms with Gasteiger partial charge in [0.25, 0.3) is 11.5 Å². The lowest BCUT2D eigenvalue weighted by Crippen LogP contribution is -2.32. The second kappa shape index (κ2) is 5.07. The summed E-state index contributed by atoms with van der Waals surface area (Å²) in [6.07, 6.45) is 2.70. The monoisotopic (exact) mass is 276 g/mol. The molecule has 7 nitrogen and oxygen atoms in total. The SMILES string of the molecule is O=C(NCC1CC(=O)N(C2CC2)C1)c1ccc(=O)[nH]n1. The largest absolute Gasteiger partial charge is 0.350 e. The van der Waals surface area contributed by atoms with Crippen LogP contribution in [-0.2, 0) is 4.79 Å². The van der Waals surface area contributed by atoms with Gasteiger partial charge in [-0.2, -0.15) is 5.10 Å². The van der Waals surface area contributed by atoms with Crippen LogP contribution in [0.3, 0.4) is 0 Å². The average molecular weight is 276 g/mol. The first-order valence-electron chi connectivity index (χ1n) is 6.77. The maximum absolute atomic E-state index is 11.8. The van der Waals surface area contributed by atoms with Gasteiger partial charge in [-0.15, -0.1) is 0 Å². The minimum Gasteiger partial charge on any atom is -0.350 e. The number of amides is 2. The highest BCUT2D eigenvalue weighted by atomic mass is 16.2. The number of H-pyrrole nitrogens is 1. The van der Waals surface area contributed by atoms with Crippen LogP contribution in [0.5, 0.6) is 0 Å². The Morgan fingerprint density at radius 2 is 2.20 bits per heavy atom. The van der Waals surface area contributed by atoms with Crippen LogP contribution in [0.4, 0.5) is 0 Å². The summed E-state index contributed by atoms with van der Waals surface area (Å²) in [4.78, 5) is 36.4. The minimum atomic E-state index is -0.344. The van der Waals surface area contributed by atoms with Crippen LogP contribution in [0, 0.1) is 5.92 Å². The van der Waals surface area contributed by atoms with Crippen LogP contribution >= 0.6 is 0 Å². The molecule has 1 aromatic heterocycles. The van der Waals surface area contributed by atoms with E-state index in [4.69, 9.17) is 0 Å². The highest BCUT2D eigenvalue weighted by Gasteiger charge is 2.39. The molecule has 1 saturated heterocycles. The summed E-state index contributed by atoms with van der Waals surface area (Å²) in [5.74, 6) is 0.0160. The van der Waals surface area contributed by atoms with Gasteiger partial charge in [0, 0.05) is 37.5 Å². The molecule has 0 aromatic carbocycles. The Morgan fingerprint density at radius 1 is 1.40 bits per heavy atom. The van der Waals surface area contributed by atoms with E-state index in [1.165, 1.54) is 12.1 Å². The molecule has 0 radical (unpaired) electrons. The Morgan fingerprint density at radius 3 is 2.85 bits per heavy atom. The van der Waals surface area contributed by atoms with Crippen molar-refractivity contribution in [3.05, 3.63) is 28.2 Å². The van der Waals surface area contributed by atoms with E-state index in [0.29, 0.717) is 19.0 Å². The molecule has 1 unspecified atom stereocenters. The number of carbonyl (C=O) groups excluding carboxylic acids is 2. The number of nitrogens with one attached hydrogen (secondary N) is 2. The first-order valence-corrected chi connectivity index (χ1v) is 6.77. The highest BCUT2D eigenvalue weighted by molar-refractivity contribution is 5.92. The van der Waals surface area contributed by atoms with E-state index in [1.54, 1.807) is 0 Å². The van der Waals surface area contributed by atoms with Crippen LogP contribution in [0.15, 0.2) is 16.9 Å². The zero-order valence-electron chi connectivity index (χ0n) is 11.0. The summed E-state index contributed by atoms with van der Waals surface area (Å²) in [7, 11) is 0. The Labute approximate surface area is 115 Å². The summed E-state index contributed by atoms with van der Waals surface area (Å²) in [6.45, 7) is 1.18. The molecule has 3 rings (SSSR count). The van der Waals surface area contributed by atoms with Gasteiger partial charge in [-0.1, -0.05) is 0 Å². The zero-order valence-corrected chi connectivity index (χ0v) is 11.0. The lowest BCUT2D eigenvalue weighted by molar-refractivity contribution is -0.128. The fourth-order valence-corrected chi connectivity index (χ4v) is 2.48. The molecule has 1 aliphatic heterocycles. The number of aromatic amines is 1. The average Bonchev–Trinajstić information content (AvgIpc) is 3.21. The number of hydrogen-bond donors (Lipinski definition) is 2. The lowest BCUT2D eigenvalue weighted by Gasteiger charge is -2.15. The van der Waals surface area contributed by atoms with Gasteiger partial charge in [-0.05, 0) is 18.9 Å². The zero-order chi connectivity index (χ0) is 14.1. The second-order valence-corrected chi connectivity index (χ2v) is 5.36. The van der Waals surface area contributed by atoms with Crippen LogP contribution in [0.1, 0.15) is 29.8 Å². The molecule has 1 aliphatic carbocycles. The molecule has 7 heteroatoms. The molecule has 2 fully saturated rings. The van der Waals surface area contributed by atoms with Gasteiger partial charge in [0.15, 0.2) is 0 Å². The highest BCUT2D eigenvalue weighted by Crippen LogP contribution is 2.32. The maximum atomic E-state index is 11.8. The number of aromatic nitrogens is 2. The fourth-order valence-electron chi connectivity index (χ4n) is 2.48. The van der Waals surface area contributed by atoms with Crippen molar-refractivity contribution in [3.8, 4) is 0 Å². The van der Waals surface area contributed by atoms with E-state index in [9.17, 15) is 14.4 Å². The Kier molecular flexibility index (Phi) is 3.25. The molecule has 2 heterocycles. The van der Waals surface area contributed by atoms with Gasteiger partial charge in [-0.3, -0.25) is 14.4 Å². The van der Waals surface area contributed by atoms with Gasteiger partial charge in [0.2, 0.25) is 5.91 Å². The molecule has 2 amide bonds. The first-order chi connectivity index (χ1) is 9.63. The van der Waals surface area contributed by atoms with E-state index >= 15 is 0 Å². The molecule has 1 aromatic rings. The molecule has 20 heavy (non-hydrogen) atoms. The van der Waals surface area contributed by atoms with Crippen LogP contribution in [0.25, 0.3) is 0 Å². The third kappa shape index (κ3) is 2.71. The van der Waals surface area contributed by atoms with E-state index in [1.807, 2.05) is 4.90 Å². The van der Waals surface area contributed by atoms with Crippen molar-refractivity contribution >= 4 is 11.8 Å². The number of rotatable bonds is 4. The summed E-state index contributed by atoms with van der Waals surface area (Å²) in [5, 5.41) is 8.64. The van der Waals surface area contributed by atoms with Gasteiger partial charge < -0.3 is 10.2 Å². The van der Waals surface area contributed by atoms with Gasteiger partial charge in [0.05, 0.1) is 0 Å². The van der Waals surface area contributed by atoms with Crippen LogP contribution in [0.2, 0.25) is 0 Å². The Balaban J connectivity index is 1.52. The Bertz CT molecular complexity index is 573. The van der Waals surface area contributed by atoms with Gasteiger partial charge >= 0.3 is 0 Å². The van der Waals surface area contributed by atoms with Crippen molar-refractivity contribution in [2.24, 2.45) is 5.92 Å². The third-order valence-electron chi connectivity index (χ3n) is 3.69. The fraction of sp³-hybridized carbons (Fsp3) is 0.538. The van der Waals surface area contributed by atoms with Crippen LogP contribution < -0.4 is 10.9 Å². The van der Waals surface area contributed by atoms with Crippen molar-refractivity contribution in [1.29, 1.82) is 0 Å². The van der Waals surface area contributed by atoms with Crippen molar-refractivity contribution in [1.82, 2.24) is 20.4 Å². The normalized spacial score (nSPS) is 22.1. The smallest absolute Gasteiger partial charge is 0.271 e. The molecule has 1 atom stereocenters. The van der Waals surface area contributed by atoms with Crippen molar-refractivity contribution in [3.63, 3.8) is 0 Å². The molecular formula is C13H16N4O3. The van der Waals surface area contributed by atoms with Crippen LogP contribution in [-0.4, -0.2) is 46.0 Å². The van der Waals surface area contributed by atoms with Gasteiger partial charge in [0.1, 0.15) is 5.69 Å². The number of likely N-dealkylation sites (tertiary alicyclic amines) is 1. The molecule has 0 spiro atoms. The molecular weight excluding hydrogens is 260 g/mol. The molecule has 2 N–H and O–H groups in total.